The fourth-order valence-electron chi connectivity index (χ4n) is 2.59. The van der Waals surface area contributed by atoms with Crippen LogP contribution in [0.4, 0.5) is 0 Å². The van der Waals surface area contributed by atoms with Crippen LogP contribution in [-0.2, 0) is 22.4 Å². The second-order valence-electron chi connectivity index (χ2n) is 5.40. The minimum absolute atomic E-state index is 0.0668. The molecule has 1 fully saturated rings. The van der Waals surface area contributed by atoms with Gasteiger partial charge in [-0.1, -0.05) is 31.2 Å². The maximum Gasteiger partial charge on any atom is 0.226 e. The first-order chi connectivity index (χ1) is 9.60. The van der Waals surface area contributed by atoms with Gasteiger partial charge in [-0.25, -0.2) is 0 Å². The Bertz CT molecular complexity index is 474. The van der Waals surface area contributed by atoms with Gasteiger partial charge in [-0.2, -0.15) is 0 Å². The van der Waals surface area contributed by atoms with Crippen LogP contribution in [0.1, 0.15) is 30.9 Å². The molecule has 0 atom stereocenters. The zero-order chi connectivity index (χ0) is 14.5. The molecule has 0 radical (unpaired) electrons. The summed E-state index contributed by atoms with van der Waals surface area (Å²) >= 11 is 0. The molecule has 1 heterocycles. The van der Waals surface area contributed by atoms with Gasteiger partial charge in [0, 0.05) is 19.0 Å². The first-order valence-corrected chi connectivity index (χ1v) is 7.25. The van der Waals surface area contributed by atoms with Crippen LogP contribution in [-0.4, -0.2) is 29.8 Å². The number of primary amides is 1. The maximum atomic E-state index is 12.2. The van der Waals surface area contributed by atoms with E-state index in [0.29, 0.717) is 32.4 Å². The minimum Gasteiger partial charge on any atom is -0.369 e. The number of carbonyl (C=O) groups excluding carboxylic acids is 2. The number of amides is 2. The highest BCUT2D eigenvalue weighted by Crippen LogP contribution is 2.17. The normalized spacial score (nSPS) is 16.1. The smallest absolute Gasteiger partial charge is 0.226 e. The molecule has 0 aliphatic carbocycles. The highest BCUT2D eigenvalue weighted by molar-refractivity contribution is 5.80. The van der Waals surface area contributed by atoms with E-state index in [1.807, 2.05) is 17.0 Å². The van der Waals surface area contributed by atoms with E-state index >= 15 is 0 Å². The second-order valence-corrected chi connectivity index (χ2v) is 5.40. The van der Waals surface area contributed by atoms with Crippen LogP contribution in [0.25, 0.3) is 0 Å². The summed E-state index contributed by atoms with van der Waals surface area (Å²) < 4.78 is 0. The van der Waals surface area contributed by atoms with Gasteiger partial charge < -0.3 is 10.6 Å². The van der Waals surface area contributed by atoms with Crippen LogP contribution in [0.15, 0.2) is 24.3 Å². The zero-order valence-corrected chi connectivity index (χ0v) is 12.0. The highest BCUT2D eigenvalue weighted by atomic mass is 16.2. The lowest BCUT2D eigenvalue weighted by Crippen LogP contribution is -2.42. The standard InChI is InChI=1S/C16H22N2O2/c1-2-12-3-5-13(6-4-12)11-15(19)18-9-7-14(8-10-18)16(17)20/h3-6,14H,2,7-11H2,1H3,(H2,17,20). The van der Waals surface area contributed by atoms with E-state index in [2.05, 4.69) is 19.1 Å². The predicted molar refractivity (Wildman–Crippen MR) is 78.0 cm³/mol. The fourth-order valence-corrected chi connectivity index (χ4v) is 2.59. The number of carbonyl (C=O) groups is 2. The van der Waals surface area contributed by atoms with Crippen LogP contribution >= 0.6 is 0 Å². The van der Waals surface area contributed by atoms with Gasteiger partial charge in [0.1, 0.15) is 0 Å². The minimum atomic E-state index is -0.243. The van der Waals surface area contributed by atoms with Gasteiger partial charge in [0.05, 0.1) is 6.42 Å². The third-order valence-corrected chi connectivity index (χ3v) is 4.04. The Morgan fingerprint density at radius 2 is 1.70 bits per heavy atom. The van der Waals surface area contributed by atoms with Gasteiger partial charge in [-0.3, -0.25) is 9.59 Å². The number of aryl methyl sites for hydroxylation is 1. The Morgan fingerprint density at radius 1 is 1.15 bits per heavy atom. The van der Waals surface area contributed by atoms with E-state index in [0.717, 1.165) is 12.0 Å². The van der Waals surface area contributed by atoms with E-state index in [-0.39, 0.29) is 17.7 Å². The van der Waals surface area contributed by atoms with Crippen LogP contribution in [0.5, 0.6) is 0 Å². The van der Waals surface area contributed by atoms with Gasteiger partial charge in [-0.05, 0) is 30.4 Å². The highest BCUT2D eigenvalue weighted by Gasteiger charge is 2.25. The number of hydrogen-bond donors (Lipinski definition) is 1. The number of rotatable bonds is 4. The summed E-state index contributed by atoms with van der Waals surface area (Å²) in [7, 11) is 0. The van der Waals surface area contributed by atoms with Gasteiger partial charge >= 0.3 is 0 Å². The molecule has 1 aromatic carbocycles. The topological polar surface area (TPSA) is 63.4 Å². The van der Waals surface area contributed by atoms with Gasteiger partial charge in [0.25, 0.3) is 0 Å². The Hall–Kier alpha value is -1.84. The summed E-state index contributed by atoms with van der Waals surface area (Å²) in [4.78, 5) is 25.1. The number of likely N-dealkylation sites (tertiary alicyclic amines) is 1. The molecule has 108 valence electrons. The van der Waals surface area contributed by atoms with Crippen molar-refractivity contribution in [2.75, 3.05) is 13.1 Å². The lowest BCUT2D eigenvalue weighted by atomic mass is 9.96. The SMILES string of the molecule is CCc1ccc(CC(=O)N2CCC(C(N)=O)CC2)cc1. The Kier molecular flexibility index (Phi) is 4.77. The van der Waals surface area contributed by atoms with E-state index in [1.165, 1.54) is 5.56 Å². The fraction of sp³-hybridized carbons (Fsp3) is 0.500. The predicted octanol–water partition coefficient (Wildman–Crippen LogP) is 1.52. The van der Waals surface area contributed by atoms with Gasteiger partial charge in [-0.15, -0.1) is 0 Å². The van der Waals surface area contributed by atoms with Crippen LogP contribution < -0.4 is 5.73 Å². The first kappa shape index (κ1) is 14.6. The molecule has 2 N–H and O–H groups in total. The summed E-state index contributed by atoms with van der Waals surface area (Å²) in [6, 6.07) is 8.18. The molecule has 20 heavy (non-hydrogen) atoms. The van der Waals surface area contributed by atoms with Gasteiger partial charge in [0.15, 0.2) is 0 Å². The van der Waals surface area contributed by atoms with Crippen LogP contribution in [0.3, 0.4) is 0 Å². The third-order valence-electron chi connectivity index (χ3n) is 4.04. The molecule has 0 unspecified atom stereocenters. The number of piperidine rings is 1. The lowest BCUT2D eigenvalue weighted by molar-refractivity contribution is -0.134. The molecule has 1 aromatic rings. The monoisotopic (exact) mass is 274 g/mol. The number of benzene rings is 1. The molecule has 0 bridgehead atoms. The number of nitrogens with two attached hydrogens (primary N) is 1. The summed E-state index contributed by atoms with van der Waals surface area (Å²) in [5.74, 6) is -0.174. The first-order valence-electron chi connectivity index (χ1n) is 7.25. The largest absolute Gasteiger partial charge is 0.369 e. The Morgan fingerprint density at radius 3 is 2.20 bits per heavy atom. The van der Waals surface area contributed by atoms with Crippen LogP contribution in [0, 0.1) is 5.92 Å². The molecular weight excluding hydrogens is 252 g/mol. The second kappa shape index (κ2) is 6.55. The molecular formula is C16H22N2O2. The van der Waals surface area contributed by atoms with E-state index in [9.17, 15) is 9.59 Å². The van der Waals surface area contributed by atoms with Gasteiger partial charge in [0.2, 0.25) is 11.8 Å². The molecule has 1 aliphatic heterocycles. The average molecular weight is 274 g/mol. The molecule has 4 nitrogen and oxygen atoms in total. The molecule has 0 spiro atoms. The van der Waals surface area contributed by atoms with Crippen molar-refractivity contribution in [3.05, 3.63) is 35.4 Å². The molecule has 1 aliphatic rings. The van der Waals surface area contributed by atoms with Crippen molar-refractivity contribution >= 4 is 11.8 Å². The van der Waals surface area contributed by atoms with Crippen molar-refractivity contribution < 1.29 is 9.59 Å². The van der Waals surface area contributed by atoms with Crippen molar-refractivity contribution in [1.29, 1.82) is 0 Å². The molecule has 1 saturated heterocycles. The number of hydrogen-bond acceptors (Lipinski definition) is 2. The number of nitrogens with zero attached hydrogens (tertiary/aromatic N) is 1. The van der Waals surface area contributed by atoms with E-state index < -0.39 is 0 Å². The molecule has 2 rings (SSSR count). The average Bonchev–Trinajstić information content (AvgIpc) is 2.48. The summed E-state index contributed by atoms with van der Waals surface area (Å²) in [6.07, 6.45) is 2.83. The Labute approximate surface area is 119 Å². The Balaban J connectivity index is 1.87. The van der Waals surface area contributed by atoms with Crippen LogP contribution in [0.2, 0.25) is 0 Å². The maximum absolute atomic E-state index is 12.2. The summed E-state index contributed by atoms with van der Waals surface area (Å²) in [5.41, 5.74) is 7.62. The zero-order valence-electron chi connectivity index (χ0n) is 12.0. The third kappa shape index (κ3) is 3.59. The molecule has 2 amide bonds. The molecule has 0 saturated carbocycles. The van der Waals surface area contributed by atoms with E-state index in [4.69, 9.17) is 5.73 Å². The lowest BCUT2D eigenvalue weighted by Gasteiger charge is -2.30. The van der Waals surface area contributed by atoms with E-state index in [1.54, 1.807) is 0 Å². The van der Waals surface area contributed by atoms with Crippen molar-refractivity contribution in [2.45, 2.75) is 32.6 Å². The van der Waals surface area contributed by atoms with Crippen molar-refractivity contribution in [1.82, 2.24) is 4.90 Å². The summed E-state index contributed by atoms with van der Waals surface area (Å²) in [5, 5.41) is 0. The quantitative estimate of drug-likeness (QED) is 0.904. The van der Waals surface area contributed by atoms with Crippen molar-refractivity contribution in [2.24, 2.45) is 11.7 Å². The molecule has 0 aromatic heterocycles. The molecule has 4 heteroatoms. The van der Waals surface area contributed by atoms with Crippen molar-refractivity contribution in [3.8, 4) is 0 Å². The van der Waals surface area contributed by atoms with Crippen molar-refractivity contribution in [3.63, 3.8) is 0 Å². The summed E-state index contributed by atoms with van der Waals surface area (Å²) in [6.45, 7) is 3.39.